The molecule has 108 valence electrons. The molecule has 0 saturated carbocycles. The summed E-state index contributed by atoms with van der Waals surface area (Å²) in [5.41, 5.74) is 3.25. The zero-order valence-corrected chi connectivity index (χ0v) is 13.6. The topological polar surface area (TPSA) is 12.0 Å². The van der Waals surface area contributed by atoms with E-state index in [2.05, 4.69) is 71.1 Å². The Bertz CT molecular complexity index is 356. The average molecular weight is 261 g/mol. The Morgan fingerprint density at radius 1 is 1.05 bits per heavy atom. The zero-order valence-electron chi connectivity index (χ0n) is 13.6. The maximum atomic E-state index is 3.63. The predicted octanol–water partition coefficient (Wildman–Crippen LogP) is 4.77. The molecule has 0 aromatic heterocycles. The molecule has 0 amide bonds. The lowest BCUT2D eigenvalue weighted by Crippen LogP contribution is -2.34. The summed E-state index contributed by atoms with van der Waals surface area (Å²) in [7, 11) is 0. The number of benzene rings is 1. The molecule has 0 spiro atoms. The van der Waals surface area contributed by atoms with E-state index in [1.54, 1.807) is 0 Å². The first-order valence-corrected chi connectivity index (χ1v) is 7.64. The smallest absolute Gasteiger partial charge is 0.0112 e. The third kappa shape index (κ3) is 6.24. The van der Waals surface area contributed by atoms with Gasteiger partial charge in [-0.1, -0.05) is 65.8 Å². The number of hydrogen-bond donors (Lipinski definition) is 1. The number of rotatable bonds is 6. The standard InChI is InChI=1S/C18H31N/c1-7-19-17(13-18(4,5)6)12-15-8-10-16(11-9-15)14(2)3/h8-11,14,17,19H,7,12-13H2,1-6H3. The normalized spacial score (nSPS) is 13.8. The first-order valence-electron chi connectivity index (χ1n) is 7.64. The van der Waals surface area contributed by atoms with Gasteiger partial charge in [-0.3, -0.25) is 0 Å². The van der Waals surface area contributed by atoms with E-state index >= 15 is 0 Å². The van der Waals surface area contributed by atoms with Crippen LogP contribution in [0.2, 0.25) is 0 Å². The quantitative estimate of drug-likeness (QED) is 0.778. The summed E-state index contributed by atoms with van der Waals surface area (Å²) in [4.78, 5) is 0. The van der Waals surface area contributed by atoms with Crippen LogP contribution in [-0.4, -0.2) is 12.6 Å². The largest absolute Gasteiger partial charge is 0.314 e. The minimum atomic E-state index is 0.380. The Morgan fingerprint density at radius 2 is 1.63 bits per heavy atom. The summed E-state index contributed by atoms with van der Waals surface area (Å²) in [6, 6.07) is 9.72. The Kier molecular flexibility index (Phi) is 6.06. The lowest BCUT2D eigenvalue weighted by atomic mass is 9.85. The van der Waals surface area contributed by atoms with Crippen LogP contribution in [0.3, 0.4) is 0 Å². The minimum absolute atomic E-state index is 0.380. The van der Waals surface area contributed by atoms with E-state index in [0.29, 0.717) is 17.4 Å². The summed E-state index contributed by atoms with van der Waals surface area (Å²) >= 11 is 0. The van der Waals surface area contributed by atoms with E-state index in [4.69, 9.17) is 0 Å². The van der Waals surface area contributed by atoms with Crippen LogP contribution in [0.1, 0.15) is 65.0 Å². The van der Waals surface area contributed by atoms with Gasteiger partial charge in [0.25, 0.3) is 0 Å². The van der Waals surface area contributed by atoms with Gasteiger partial charge in [-0.2, -0.15) is 0 Å². The van der Waals surface area contributed by atoms with Crippen LogP contribution in [0.4, 0.5) is 0 Å². The molecule has 0 fully saturated rings. The molecule has 1 N–H and O–H groups in total. The summed E-state index contributed by atoms with van der Waals surface area (Å²) in [6.07, 6.45) is 2.34. The molecule has 1 nitrogen and oxygen atoms in total. The highest BCUT2D eigenvalue weighted by Gasteiger charge is 2.18. The average Bonchev–Trinajstić information content (AvgIpc) is 2.27. The van der Waals surface area contributed by atoms with E-state index in [9.17, 15) is 0 Å². The molecule has 0 saturated heterocycles. The zero-order chi connectivity index (χ0) is 14.5. The van der Waals surface area contributed by atoms with Gasteiger partial charge in [-0.25, -0.2) is 0 Å². The van der Waals surface area contributed by atoms with Crippen molar-refractivity contribution in [3.05, 3.63) is 35.4 Å². The highest BCUT2D eigenvalue weighted by atomic mass is 14.9. The van der Waals surface area contributed by atoms with Crippen molar-refractivity contribution in [2.24, 2.45) is 5.41 Å². The van der Waals surface area contributed by atoms with E-state index < -0.39 is 0 Å². The molecular formula is C18H31N. The van der Waals surface area contributed by atoms with E-state index in [1.165, 1.54) is 17.5 Å². The van der Waals surface area contributed by atoms with Crippen LogP contribution in [0.5, 0.6) is 0 Å². The van der Waals surface area contributed by atoms with E-state index in [0.717, 1.165) is 13.0 Å². The number of nitrogens with one attached hydrogen (secondary N) is 1. The first kappa shape index (κ1) is 16.2. The second-order valence-corrected chi connectivity index (χ2v) is 7.12. The molecule has 1 heteroatoms. The molecule has 1 aromatic carbocycles. The van der Waals surface area contributed by atoms with Crippen molar-refractivity contribution in [2.75, 3.05) is 6.54 Å². The highest BCUT2D eigenvalue weighted by molar-refractivity contribution is 5.25. The molecule has 1 rings (SSSR count). The molecule has 1 atom stereocenters. The van der Waals surface area contributed by atoms with Crippen LogP contribution in [0.15, 0.2) is 24.3 Å². The van der Waals surface area contributed by atoms with Crippen molar-refractivity contribution >= 4 is 0 Å². The Labute approximate surface area is 119 Å². The monoisotopic (exact) mass is 261 g/mol. The minimum Gasteiger partial charge on any atom is -0.314 e. The van der Waals surface area contributed by atoms with Gasteiger partial charge in [0, 0.05) is 6.04 Å². The molecule has 1 unspecified atom stereocenters. The number of hydrogen-bond acceptors (Lipinski definition) is 1. The summed E-state index contributed by atoms with van der Waals surface area (Å²) < 4.78 is 0. The molecule has 0 bridgehead atoms. The lowest BCUT2D eigenvalue weighted by Gasteiger charge is -2.27. The van der Waals surface area contributed by atoms with Crippen molar-refractivity contribution in [1.82, 2.24) is 5.32 Å². The van der Waals surface area contributed by atoms with Gasteiger partial charge in [0.1, 0.15) is 0 Å². The van der Waals surface area contributed by atoms with Gasteiger partial charge < -0.3 is 5.32 Å². The summed E-state index contributed by atoms with van der Waals surface area (Å²) in [6.45, 7) is 14.7. The fourth-order valence-electron chi connectivity index (χ4n) is 2.57. The second kappa shape index (κ2) is 7.09. The SMILES string of the molecule is CCNC(Cc1ccc(C(C)C)cc1)CC(C)(C)C. The molecular weight excluding hydrogens is 230 g/mol. The Hall–Kier alpha value is -0.820. The first-order chi connectivity index (χ1) is 8.81. The van der Waals surface area contributed by atoms with Crippen molar-refractivity contribution in [1.29, 1.82) is 0 Å². The van der Waals surface area contributed by atoms with Crippen LogP contribution < -0.4 is 5.32 Å². The fraction of sp³-hybridized carbons (Fsp3) is 0.667. The van der Waals surface area contributed by atoms with Gasteiger partial charge in [0.2, 0.25) is 0 Å². The van der Waals surface area contributed by atoms with E-state index in [1.807, 2.05) is 0 Å². The molecule has 1 aromatic rings. The molecule has 0 aliphatic carbocycles. The number of likely N-dealkylation sites (N-methyl/N-ethyl adjacent to an activating group) is 1. The van der Waals surface area contributed by atoms with Crippen molar-refractivity contribution < 1.29 is 0 Å². The molecule has 0 aliphatic rings. The maximum Gasteiger partial charge on any atom is 0.0112 e. The summed E-state index contributed by atoms with van der Waals surface area (Å²) in [5, 5.41) is 3.63. The van der Waals surface area contributed by atoms with Crippen molar-refractivity contribution in [3.63, 3.8) is 0 Å². The van der Waals surface area contributed by atoms with Crippen LogP contribution in [0, 0.1) is 5.41 Å². The fourth-order valence-corrected chi connectivity index (χ4v) is 2.57. The predicted molar refractivity (Wildman–Crippen MR) is 85.8 cm³/mol. The van der Waals surface area contributed by atoms with Gasteiger partial charge >= 0.3 is 0 Å². The van der Waals surface area contributed by atoms with Gasteiger partial charge in [-0.15, -0.1) is 0 Å². The third-order valence-electron chi connectivity index (χ3n) is 3.48. The molecule has 0 radical (unpaired) electrons. The second-order valence-electron chi connectivity index (χ2n) is 7.12. The molecule has 0 aliphatic heterocycles. The maximum absolute atomic E-state index is 3.63. The highest BCUT2D eigenvalue weighted by Crippen LogP contribution is 2.23. The Morgan fingerprint density at radius 3 is 2.05 bits per heavy atom. The summed E-state index contributed by atoms with van der Waals surface area (Å²) in [5.74, 6) is 0.619. The molecule has 0 heterocycles. The van der Waals surface area contributed by atoms with Crippen LogP contribution in [0.25, 0.3) is 0 Å². The molecule has 19 heavy (non-hydrogen) atoms. The van der Waals surface area contributed by atoms with Gasteiger partial charge in [-0.05, 0) is 41.8 Å². The van der Waals surface area contributed by atoms with Gasteiger partial charge in [0.15, 0.2) is 0 Å². The van der Waals surface area contributed by atoms with E-state index in [-0.39, 0.29) is 0 Å². The van der Waals surface area contributed by atoms with Gasteiger partial charge in [0.05, 0.1) is 0 Å². The van der Waals surface area contributed by atoms with Crippen LogP contribution in [-0.2, 0) is 6.42 Å². The van der Waals surface area contributed by atoms with Crippen LogP contribution >= 0.6 is 0 Å². The third-order valence-corrected chi connectivity index (χ3v) is 3.48. The lowest BCUT2D eigenvalue weighted by molar-refractivity contribution is 0.309. The van der Waals surface area contributed by atoms with Crippen molar-refractivity contribution in [2.45, 2.75) is 66.3 Å². The van der Waals surface area contributed by atoms with Crippen molar-refractivity contribution in [3.8, 4) is 0 Å². The Balaban J connectivity index is 2.68.